The van der Waals surface area contributed by atoms with Gasteiger partial charge in [-0.3, -0.25) is 4.79 Å². The Morgan fingerprint density at radius 2 is 2.14 bits per heavy atom. The van der Waals surface area contributed by atoms with Crippen molar-refractivity contribution in [1.29, 1.82) is 0 Å². The van der Waals surface area contributed by atoms with E-state index in [1.54, 1.807) is 6.92 Å². The Hall–Kier alpha value is -1.67. The van der Waals surface area contributed by atoms with E-state index in [1.807, 2.05) is 0 Å². The van der Waals surface area contributed by atoms with E-state index in [9.17, 15) is 14.0 Å². The molecule has 2 amide bonds. The summed E-state index contributed by atoms with van der Waals surface area (Å²) in [5, 5.41) is 11.4. The number of carbonyl (C=O) groups is 2. The van der Waals surface area contributed by atoms with Gasteiger partial charge >= 0.3 is 12.0 Å². The van der Waals surface area contributed by atoms with Gasteiger partial charge in [-0.15, -0.1) is 0 Å². The number of hydrogen-bond donors (Lipinski definition) is 2. The molecule has 8 heteroatoms. The topological polar surface area (TPSA) is 78.9 Å². The maximum Gasteiger partial charge on any atom is 0.323 e. The average Bonchev–Trinajstić information content (AvgIpc) is 2.40. The lowest BCUT2D eigenvalue weighted by Crippen LogP contribution is -2.40. The first-order valence-corrected chi connectivity index (χ1v) is 6.86. The number of anilines is 1. The number of halogens is 2. The Morgan fingerprint density at radius 3 is 2.71 bits per heavy atom. The molecule has 0 saturated carbocycles. The summed E-state index contributed by atoms with van der Waals surface area (Å²) in [6.45, 7) is 1.54. The van der Waals surface area contributed by atoms with Crippen molar-refractivity contribution in [2.45, 2.75) is 6.92 Å². The third-order valence-corrected chi connectivity index (χ3v) is 3.30. The molecular formula is C13H16BrFN2O4. The number of nitrogens with one attached hydrogen (secondary N) is 1. The first-order valence-electron chi connectivity index (χ1n) is 6.07. The number of aryl methyl sites for hydroxylation is 1. The summed E-state index contributed by atoms with van der Waals surface area (Å²) in [7, 11) is 1.46. The SMILES string of the molecule is COCCN(CC(=O)O)C(=O)Nc1cc(Br)c(F)cc1C. The van der Waals surface area contributed by atoms with Gasteiger partial charge in [-0.25, -0.2) is 9.18 Å². The molecule has 116 valence electrons. The second-order valence-corrected chi connectivity index (χ2v) is 5.17. The number of nitrogens with zero attached hydrogens (tertiary/aromatic N) is 1. The van der Waals surface area contributed by atoms with Crippen molar-refractivity contribution in [2.24, 2.45) is 0 Å². The molecular weight excluding hydrogens is 347 g/mol. The summed E-state index contributed by atoms with van der Waals surface area (Å²) in [5.74, 6) is -1.56. The van der Waals surface area contributed by atoms with E-state index in [0.717, 1.165) is 4.90 Å². The van der Waals surface area contributed by atoms with Crippen LogP contribution in [0.4, 0.5) is 14.9 Å². The maximum atomic E-state index is 13.3. The van der Waals surface area contributed by atoms with Crippen molar-refractivity contribution in [1.82, 2.24) is 4.90 Å². The molecule has 1 aromatic carbocycles. The lowest BCUT2D eigenvalue weighted by Gasteiger charge is -2.21. The number of aliphatic carboxylic acids is 1. The molecule has 0 aliphatic carbocycles. The zero-order valence-electron chi connectivity index (χ0n) is 11.7. The minimum atomic E-state index is -1.13. The molecule has 0 fully saturated rings. The summed E-state index contributed by atoms with van der Waals surface area (Å²) in [6, 6.07) is 2.12. The van der Waals surface area contributed by atoms with E-state index in [2.05, 4.69) is 21.2 Å². The van der Waals surface area contributed by atoms with Crippen LogP contribution in [0.2, 0.25) is 0 Å². The summed E-state index contributed by atoms with van der Waals surface area (Å²) >= 11 is 3.04. The van der Waals surface area contributed by atoms with Crippen LogP contribution in [-0.2, 0) is 9.53 Å². The molecule has 0 bridgehead atoms. The Balaban J connectivity index is 2.85. The summed E-state index contributed by atoms with van der Waals surface area (Å²) in [5.41, 5.74) is 0.937. The number of benzene rings is 1. The molecule has 0 aliphatic rings. The lowest BCUT2D eigenvalue weighted by molar-refractivity contribution is -0.137. The third kappa shape index (κ3) is 5.31. The highest BCUT2D eigenvalue weighted by Gasteiger charge is 2.18. The van der Waals surface area contributed by atoms with Crippen LogP contribution in [0, 0.1) is 12.7 Å². The monoisotopic (exact) mass is 362 g/mol. The molecule has 0 saturated heterocycles. The van der Waals surface area contributed by atoms with Gasteiger partial charge in [0.1, 0.15) is 12.4 Å². The van der Waals surface area contributed by atoms with Crippen LogP contribution in [0.3, 0.4) is 0 Å². The van der Waals surface area contributed by atoms with Crippen LogP contribution in [0.15, 0.2) is 16.6 Å². The minimum absolute atomic E-state index is 0.135. The summed E-state index contributed by atoms with van der Waals surface area (Å²) < 4.78 is 18.4. The van der Waals surface area contributed by atoms with Crippen LogP contribution in [0.1, 0.15) is 5.56 Å². The van der Waals surface area contributed by atoms with Crippen molar-refractivity contribution < 1.29 is 23.8 Å². The van der Waals surface area contributed by atoms with E-state index in [0.29, 0.717) is 11.3 Å². The number of ether oxygens (including phenoxy) is 1. The highest BCUT2D eigenvalue weighted by molar-refractivity contribution is 9.10. The van der Waals surface area contributed by atoms with E-state index in [1.165, 1.54) is 19.2 Å². The second-order valence-electron chi connectivity index (χ2n) is 4.32. The fourth-order valence-electron chi connectivity index (χ4n) is 1.59. The van der Waals surface area contributed by atoms with Crippen LogP contribution in [0.25, 0.3) is 0 Å². The molecule has 6 nitrogen and oxygen atoms in total. The standard InChI is InChI=1S/C13H16BrFN2O4/c1-8-5-10(15)9(14)6-11(8)16-13(20)17(3-4-21-2)7-12(18)19/h5-6H,3-4,7H2,1-2H3,(H,16,20)(H,18,19). The van der Waals surface area contributed by atoms with Gasteiger partial charge in [0.25, 0.3) is 0 Å². The zero-order chi connectivity index (χ0) is 16.0. The van der Waals surface area contributed by atoms with Gasteiger partial charge in [0.2, 0.25) is 0 Å². The smallest absolute Gasteiger partial charge is 0.323 e. The van der Waals surface area contributed by atoms with Crippen molar-refractivity contribution in [3.8, 4) is 0 Å². The van der Waals surface area contributed by atoms with Crippen LogP contribution >= 0.6 is 15.9 Å². The third-order valence-electron chi connectivity index (χ3n) is 2.69. The maximum absolute atomic E-state index is 13.3. The van der Waals surface area contributed by atoms with Gasteiger partial charge in [-0.2, -0.15) is 0 Å². The van der Waals surface area contributed by atoms with Crippen molar-refractivity contribution in [3.63, 3.8) is 0 Å². The Morgan fingerprint density at radius 1 is 1.48 bits per heavy atom. The van der Waals surface area contributed by atoms with E-state index < -0.39 is 24.4 Å². The number of carboxylic acid groups (broad SMARTS) is 1. The number of rotatable bonds is 6. The normalized spacial score (nSPS) is 10.3. The predicted octanol–water partition coefficient (Wildman–Crippen LogP) is 2.46. The number of urea groups is 1. The largest absolute Gasteiger partial charge is 0.480 e. The number of methoxy groups -OCH3 is 1. The van der Waals surface area contributed by atoms with E-state index >= 15 is 0 Å². The Labute approximate surface area is 130 Å². The highest BCUT2D eigenvalue weighted by Crippen LogP contribution is 2.24. The van der Waals surface area contributed by atoms with Gasteiger partial charge in [0.05, 0.1) is 11.1 Å². The van der Waals surface area contributed by atoms with E-state index in [-0.39, 0.29) is 17.6 Å². The molecule has 0 aliphatic heterocycles. The fourth-order valence-corrected chi connectivity index (χ4v) is 1.94. The minimum Gasteiger partial charge on any atom is -0.480 e. The van der Waals surface area contributed by atoms with Gasteiger partial charge < -0.3 is 20.1 Å². The number of amides is 2. The fraction of sp³-hybridized carbons (Fsp3) is 0.385. The van der Waals surface area contributed by atoms with Gasteiger partial charge in [0, 0.05) is 19.3 Å². The van der Waals surface area contributed by atoms with Crippen molar-refractivity contribution >= 4 is 33.6 Å². The molecule has 0 radical (unpaired) electrons. The van der Waals surface area contributed by atoms with Crippen LogP contribution in [-0.4, -0.2) is 48.8 Å². The molecule has 0 atom stereocenters. The molecule has 1 aromatic rings. The first kappa shape index (κ1) is 17.4. The van der Waals surface area contributed by atoms with Gasteiger partial charge in [-0.1, -0.05) is 0 Å². The molecule has 21 heavy (non-hydrogen) atoms. The number of carbonyl (C=O) groups excluding carboxylic acids is 1. The zero-order valence-corrected chi connectivity index (χ0v) is 13.2. The van der Waals surface area contributed by atoms with Gasteiger partial charge in [0.15, 0.2) is 0 Å². The van der Waals surface area contributed by atoms with Crippen LogP contribution < -0.4 is 5.32 Å². The van der Waals surface area contributed by atoms with Crippen molar-refractivity contribution in [3.05, 3.63) is 28.0 Å². The lowest BCUT2D eigenvalue weighted by atomic mass is 10.2. The van der Waals surface area contributed by atoms with Crippen LogP contribution in [0.5, 0.6) is 0 Å². The summed E-state index contributed by atoms with van der Waals surface area (Å²) in [6.07, 6.45) is 0. The molecule has 0 aromatic heterocycles. The highest BCUT2D eigenvalue weighted by atomic mass is 79.9. The van der Waals surface area contributed by atoms with E-state index in [4.69, 9.17) is 9.84 Å². The number of hydrogen-bond acceptors (Lipinski definition) is 3. The Bertz CT molecular complexity index is 539. The Kier molecular flexibility index (Phi) is 6.57. The molecule has 2 N–H and O–H groups in total. The van der Waals surface area contributed by atoms with Crippen molar-refractivity contribution in [2.75, 3.05) is 32.1 Å². The second kappa shape index (κ2) is 7.94. The molecule has 1 rings (SSSR count). The molecule has 0 heterocycles. The summed E-state index contributed by atoms with van der Waals surface area (Å²) in [4.78, 5) is 24.0. The predicted molar refractivity (Wildman–Crippen MR) is 78.9 cm³/mol. The first-order chi connectivity index (χ1) is 9.85. The number of carboxylic acids is 1. The molecule has 0 unspecified atom stereocenters. The molecule has 0 spiro atoms. The van der Waals surface area contributed by atoms with Gasteiger partial charge in [-0.05, 0) is 40.5 Å². The quantitative estimate of drug-likeness (QED) is 0.814. The average molecular weight is 363 g/mol.